The summed E-state index contributed by atoms with van der Waals surface area (Å²) in [4.78, 5) is 40.6. The van der Waals surface area contributed by atoms with Crippen LogP contribution < -0.4 is 41.8 Å². The van der Waals surface area contributed by atoms with Gasteiger partial charge < -0.3 is 52.0 Å². The van der Waals surface area contributed by atoms with E-state index in [9.17, 15) is 19.8 Å². The van der Waals surface area contributed by atoms with Gasteiger partial charge >= 0.3 is 0 Å². The molecule has 0 saturated heterocycles. The molecule has 4 rings (SSSR count). The highest BCUT2D eigenvalue weighted by Gasteiger charge is 2.21. The quantitative estimate of drug-likeness (QED) is 0.0639. The summed E-state index contributed by atoms with van der Waals surface area (Å²) in [6.45, 7) is 10.4. The number of aryl methyl sites for hydroxylation is 2. The molecule has 2 aromatic carbocycles. The van der Waals surface area contributed by atoms with Crippen molar-refractivity contribution in [2.24, 2.45) is 0 Å². The number of nitrogen functional groups attached to an aromatic ring is 1. The summed E-state index contributed by atoms with van der Waals surface area (Å²) in [7, 11) is 6.47. The van der Waals surface area contributed by atoms with Crippen molar-refractivity contribution in [3.63, 3.8) is 0 Å². The molecule has 0 radical (unpaired) electrons. The van der Waals surface area contributed by atoms with Crippen LogP contribution in [0.4, 0.5) is 29.0 Å². The van der Waals surface area contributed by atoms with Crippen molar-refractivity contribution in [2.45, 2.75) is 52.7 Å². The van der Waals surface area contributed by atoms with E-state index >= 15 is 0 Å². The van der Waals surface area contributed by atoms with E-state index in [1.54, 1.807) is 60.3 Å². The second-order valence-corrected chi connectivity index (χ2v) is 14.3. The summed E-state index contributed by atoms with van der Waals surface area (Å²) in [6, 6.07) is 6.02. The minimum atomic E-state index is -1.03. The molecule has 2 amide bonds. The van der Waals surface area contributed by atoms with Gasteiger partial charge in [-0.3, -0.25) is 9.59 Å². The molecule has 4 aromatic rings. The molecular formula is C36H49Cl3N10O6. The smallest absolute Gasteiger partial charge is 0.255 e. The zero-order chi connectivity index (χ0) is 41.7. The number of benzene rings is 2. The van der Waals surface area contributed by atoms with Gasteiger partial charge in [-0.2, -0.15) is 4.98 Å². The molecule has 2 heterocycles. The number of aliphatic hydroxyl groups is 2. The Morgan fingerprint density at radius 1 is 0.745 bits per heavy atom. The molecule has 0 atom stereocenters. The van der Waals surface area contributed by atoms with Crippen molar-refractivity contribution in [2.75, 3.05) is 63.1 Å². The van der Waals surface area contributed by atoms with Crippen molar-refractivity contribution in [1.29, 1.82) is 0 Å². The third-order valence-corrected chi connectivity index (χ3v) is 7.92. The molecule has 0 aliphatic heterocycles. The van der Waals surface area contributed by atoms with Crippen LogP contribution >= 0.6 is 34.8 Å². The molecule has 16 nitrogen and oxygen atoms in total. The lowest BCUT2D eigenvalue weighted by Crippen LogP contribution is -2.38. The zero-order valence-corrected chi connectivity index (χ0v) is 34.7. The highest BCUT2D eigenvalue weighted by atomic mass is 35.5. The number of hydrogen-bond donors (Lipinski definition) is 8. The maximum atomic E-state index is 12.4. The highest BCUT2D eigenvalue weighted by molar-refractivity contribution is 6.34. The number of rotatable bonds is 12. The van der Waals surface area contributed by atoms with Gasteiger partial charge in [0.2, 0.25) is 11.2 Å². The first-order valence-corrected chi connectivity index (χ1v) is 17.7. The van der Waals surface area contributed by atoms with Crippen molar-refractivity contribution in [3.8, 4) is 11.5 Å². The number of aromatic nitrogens is 4. The van der Waals surface area contributed by atoms with Crippen molar-refractivity contribution < 1.29 is 29.3 Å². The van der Waals surface area contributed by atoms with Crippen molar-refractivity contribution in [1.82, 2.24) is 30.6 Å². The van der Waals surface area contributed by atoms with Crippen LogP contribution in [0.15, 0.2) is 36.7 Å². The Morgan fingerprint density at radius 2 is 1.20 bits per heavy atom. The molecule has 0 unspecified atom stereocenters. The van der Waals surface area contributed by atoms with Crippen molar-refractivity contribution in [3.05, 3.63) is 74.2 Å². The molecule has 55 heavy (non-hydrogen) atoms. The van der Waals surface area contributed by atoms with E-state index in [0.717, 1.165) is 16.9 Å². The maximum Gasteiger partial charge on any atom is 0.255 e. The lowest BCUT2D eigenvalue weighted by molar-refractivity contribution is 0.0693. The number of methoxy groups -OCH3 is 2. The van der Waals surface area contributed by atoms with Crippen LogP contribution in [0.5, 0.6) is 11.5 Å². The largest absolute Gasteiger partial charge is 0.496 e. The predicted octanol–water partition coefficient (Wildman–Crippen LogP) is 5.64. The number of anilines is 5. The first-order valence-electron chi connectivity index (χ1n) is 16.6. The van der Waals surface area contributed by atoms with Gasteiger partial charge in [-0.05, 0) is 65.3 Å². The Kier molecular flexibility index (Phi) is 17.4. The highest BCUT2D eigenvalue weighted by Crippen LogP contribution is 2.33. The summed E-state index contributed by atoms with van der Waals surface area (Å²) in [5.41, 5.74) is 6.89. The Bertz CT molecular complexity index is 1940. The molecule has 19 heteroatoms. The Labute approximate surface area is 335 Å². The fourth-order valence-corrected chi connectivity index (χ4v) is 4.75. The average Bonchev–Trinajstić information content (AvgIpc) is 3.12. The van der Waals surface area contributed by atoms with E-state index in [4.69, 9.17) is 50.0 Å². The molecule has 0 spiro atoms. The van der Waals surface area contributed by atoms with Gasteiger partial charge in [-0.15, -0.1) is 0 Å². The van der Waals surface area contributed by atoms with Crippen LogP contribution in [0.25, 0.3) is 0 Å². The third-order valence-electron chi connectivity index (χ3n) is 7.09. The minimum absolute atomic E-state index is 0.0939. The van der Waals surface area contributed by atoms with Gasteiger partial charge in [0, 0.05) is 62.8 Å². The minimum Gasteiger partial charge on any atom is -0.496 e. The Balaban J connectivity index is 0.000000319. The lowest BCUT2D eigenvalue weighted by Gasteiger charge is -2.19. The summed E-state index contributed by atoms with van der Waals surface area (Å²) in [5, 5.41) is 34.3. The molecule has 2 aromatic heterocycles. The van der Waals surface area contributed by atoms with Crippen LogP contribution in [0.3, 0.4) is 0 Å². The number of halogens is 3. The van der Waals surface area contributed by atoms with E-state index in [0.29, 0.717) is 39.7 Å². The van der Waals surface area contributed by atoms with Gasteiger partial charge in [0.25, 0.3) is 11.8 Å². The van der Waals surface area contributed by atoms with E-state index < -0.39 is 17.1 Å². The second-order valence-electron chi connectivity index (χ2n) is 13.1. The molecule has 0 aliphatic carbocycles. The fourth-order valence-electron chi connectivity index (χ4n) is 4.24. The Hall–Kier alpha value is -4.87. The summed E-state index contributed by atoms with van der Waals surface area (Å²) >= 11 is 17.7. The number of hydrogen-bond acceptors (Lipinski definition) is 14. The number of ether oxygens (including phenoxy) is 2. The van der Waals surface area contributed by atoms with Crippen LogP contribution in [0, 0.1) is 13.8 Å². The van der Waals surface area contributed by atoms with Crippen LogP contribution in [0.2, 0.25) is 15.3 Å². The van der Waals surface area contributed by atoms with Gasteiger partial charge in [-0.25, -0.2) is 15.0 Å². The normalized spacial score (nSPS) is 10.8. The molecule has 0 aliphatic rings. The summed E-state index contributed by atoms with van der Waals surface area (Å²) in [5.74, 6) is 1.72. The first kappa shape index (κ1) is 46.3. The van der Waals surface area contributed by atoms with Crippen LogP contribution in [-0.4, -0.2) is 94.6 Å². The van der Waals surface area contributed by atoms with E-state index in [2.05, 4.69) is 46.5 Å². The molecule has 0 fully saturated rings. The molecule has 300 valence electrons. The first-order chi connectivity index (χ1) is 25.6. The standard InChI is InChI=1S/C18H24ClN5O3.C12H17ClN2O3.C6H8ClN3/c1-10-8-21-17(24-15(10)20-4)23-13-7-14(27-5)11(6-12(13)19)16(25)22-9-18(2,3)26;1-12(2,17)6-15-11(16)7-4-8(13)9(14)5-10(7)18-3;1-4-3-9-6(7)10-5(4)8-2/h6-8,26H,9H2,1-5H3,(H,22,25)(H2,20,21,23,24);4-5,17H,6,14H2,1-3H3,(H,15,16);3H,1-2H3,(H,8,9,10). The summed E-state index contributed by atoms with van der Waals surface area (Å²) in [6.07, 6.45) is 3.37. The van der Waals surface area contributed by atoms with E-state index in [-0.39, 0.29) is 40.4 Å². The van der Waals surface area contributed by atoms with Gasteiger partial charge in [0.1, 0.15) is 23.1 Å². The maximum absolute atomic E-state index is 12.4. The average molecular weight is 824 g/mol. The zero-order valence-electron chi connectivity index (χ0n) is 32.4. The third kappa shape index (κ3) is 15.1. The molecular weight excluding hydrogens is 775 g/mol. The van der Waals surface area contributed by atoms with Crippen molar-refractivity contribution >= 4 is 75.6 Å². The number of amides is 2. The molecule has 0 saturated carbocycles. The second kappa shape index (κ2) is 20.7. The van der Waals surface area contributed by atoms with Gasteiger partial charge in [-0.1, -0.05) is 23.2 Å². The van der Waals surface area contributed by atoms with E-state index in [1.165, 1.54) is 32.4 Å². The van der Waals surface area contributed by atoms with Gasteiger partial charge in [0.15, 0.2) is 0 Å². The van der Waals surface area contributed by atoms with E-state index in [1.807, 2.05) is 13.8 Å². The molecule has 0 bridgehead atoms. The van der Waals surface area contributed by atoms with Crippen LogP contribution in [-0.2, 0) is 0 Å². The fraction of sp³-hybridized carbons (Fsp3) is 0.389. The SMILES string of the molecule is CNc1nc(Cl)ncc1C.CNc1nc(Nc2cc(OC)c(C(=O)NCC(C)(C)O)cc2Cl)ncc1C.COc1cc(N)c(Cl)cc1C(=O)NCC(C)(C)O. The predicted molar refractivity (Wildman–Crippen MR) is 219 cm³/mol. The lowest BCUT2D eigenvalue weighted by atomic mass is 10.1. The topological polar surface area (TPSA) is 231 Å². The summed E-state index contributed by atoms with van der Waals surface area (Å²) < 4.78 is 10.4. The number of carbonyl (C=O) groups is 2. The number of nitrogens with zero attached hydrogens (tertiary/aromatic N) is 4. The molecule has 9 N–H and O–H groups in total. The Morgan fingerprint density at radius 3 is 1.65 bits per heavy atom. The number of nitrogens with one attached hydrogen (secondary N) is 5. The van der Waals surface area contributed by atoms with Gasteiger partial charge in [0.05, 0.1) is 58.0 Å². The number of carbonyl (C=O) groups excluding carboxylic acids is 2. The monoisotopic (exact) mass is 822 g/mol. The van der Waals surface area contributed by atoms with Crippen LogP contribution in [0.1, 0.15) is 59.5 Å². The number of nitrogens with two attached hydrogens (primary N) is 1.